The van der Waals surface area contributed by atoms with E-state index in [4.69, 9.17) is 40.2 Å². The molecule has 130 valence electrons. The number of carbonyl (C=O) groups is 1. The number of hydrogen-bond donors (Lipinski definition) is 0. The molecule has 0 spiro atoms. The highest BCUT2D eigenvalue weighted by atomic mass is 35.5. The molecule has 2 aromatic carbocycles. The van der Waals surface area contributed by atoms with Gasteiger partial charge in [-0.05, 0) is 55.0 Å². The predicted molar refractivity (Wildman–Crippen MR) is 105 cm³/mol. The molecule has 0 aliphatic carbocycles. The van der Waals surface area contributed by atoms with E-state index >= 15 is 0 Å². The van der Waals surface area contributed by atoms with E-state index in [1.165, 1.54) is 4.90 Å². The molecule has 0 saturated carbocycles. The molecule has 0 bridgehead atoms. The Balaban J connectivity index is 2.06. The maximum absolute atomic E-state index is 13.3. The molecule has 1 heterocycles. The van der Waals surface area contributed by atoms with E-state index in [1.807, 2.05) is 38.2 Å². The van der Waals surface area contributed by atoms with Crippen molar-refractivity contribution in [3.05, 3.63) is 58.1 Å². The smallest absolute Gasteiger partial charge is 0.263 e. The van der Waals surface area contributed by atoms with Gasteiger partial charge in [-0.15, -0.1) is 0 Å². The third-order valence-electron chi connectivity index (χ3n) is 4.58. The van der Waals surface area contributed by atoms with Crippen LogP contribution >= 0.6 is 35.4 Å². The van der Waals surface area contributed by atoms with Gasteiger partial charge >= 0.3 is 0 Å². The molecule has 1 saturated heterocycles. The van der Waals surface area contributed by atoms with Gasteiger partial charge in [0.2, 0.25) is 0 Å². The zero-order valence-corrected chi connectivity index (χ0v) is 16.2. The van der Waals surface area contributed by atoms with Gasteiger partial charge in [-0.2, -0.15) is 0 Å². The van der Waals surface area contributed by atoms with Gasteiger partial charge in [0.05, 0.1) is 22.8 Å². The normalized spacial score (nSPS) is 20.4. The largest absolute Gasteiger partial charge is 0.497 e. The molecular weight excluding hydrogens is 379 g/mol. The lowest BCUT2D eigenvalue weighted by atomic mass is 9.90. The maximum atomic E-state index is 13.3. The van der Waals surface area contributed by atoms with Crippen LogP contribution in [0.1, 0.15) is 12.5 Å². The van der Waals surface area contributed by atoms with E-state index in [2.05, 4.69) is 0 Å². The van der Waals surface area contributed by atoms with E-state index in [9.17, 15) is 4.79 Å². The highest BCUT2D eigenvalue weighted by Crippen LogP contribution is 2.40. The van der Waals surface area contributed by atoms with Crippen LogP contribution in [0.3, 0.4) is 0 Å². The molecule has 0 aromatic heterocycles. The number of methoxy groups -OCH3 is 1. The molecule has 1 aliphatic rings. The molecule has 3 rings (SSSR count). The number of likely N-dealkylation sites (N-methyl/N-ethyl adjacent to an activating group) is 1. The van der Waals surface area contributed by atoms with Crippen LogP contribution in [0.25, 0.3) is 0 Å². The minimum Gasteiger partial charge on any atom is -0.497 e. The fraction of sp³-hybridized carbons (Fsp3) is 0.222. The third kappa shape index (κ3) is 2.76. The Labute approximate surface area is 161 Å². The van der Waals surface area contributed by atoms with E-state index in [0.29, 0.717) is 20.8 Å². The molecule has 0 unspecified atom stereocenters. The number of halogens is 2. The second kappa shape index (κ2) is 6.48. The Morgan fingerprint density at radius 1 is 1.08 bits per heavy atom. The molecule has 1 atom stereocenters. The number of hydrogen-bond acceptors (Lipinski definition) is 3. The number of carbonyl (C=O) groups excluding carboxylic acids is 1. The Bertz CT molecular complexity index is 857. The number of thiocarbonyl (C=S) groups is 1. The summed E-state index contributed by atoms with van der Waals surface area (Å²) >= 11 is 17.6. The summed E-state index contributed by atoms with van der Waals surface area (Å²) in [5.74, 6) is 0.577. The van der Waals surface area contributed by atoms with Gasteiger partial charge in [-0.25, -0.2) is 0 Å². The SMILES string of the molecule is COc1ccc([C@]2(C)C(=O)N(c3ccc(Cl)c(Cl)c3)C(=S)N2C)cc1. The predicted octanol–water partition coefficient (Wildman–Crippen LogP) is 4.48. The fourth-order valence-corrected chi connectivity index (χ4v) is 3.54. The molecule has 7 heteroatoms. The second-order valence-electron chi connectivity index (χ2n) is 5.88. The first kappa shape index (κ1) is 18.0. The van der Waals surface area contributed by atoms with Gasteiger partial charge in [-0.3, -0.25) is 9.69 Å². The average Bonchev–Trinajstić information content (AvgIpc) is 2.79. The van der Waals surface area contributed by atoms with Crippen molar-refractivity contribution in [1.29, 1.82) is 0 Å². The van der Waals surface area contributed by atoms with Crippen LogP contribution in [0.15, 0.2) is 42.5 Å². The molecule has 0 radical (unpaired) electrons. The molecular formula is C18H16Cl2N2O2S. The van der Waals surface area contributed by atoms with Gasteiger partial charge in [0, 0.05) is 7.05 Å². The van der Waals surface area contributed by atoms with Gasteiger partial charge in [0.25, 0.3) is 5.91 Å². The Morgan fingerprint density at radius 2 is 1.72 bits per heavy atom. The molecule has 2 aromatic rings. The molecule has 1 fully saturated rings. The van der Waals surface area contributed by atoms with Crippen molar-refractivity contribution >= 4 is 52.1 Å². The van der Waals surface area contributed by atoms with E-state index < -0.39 is 5.54 Å². The minimum atomic E-state index is -0.921. The number of ether oxygens (including phenoxy) is 1. The van der Waals surface area contributed by atoms with Crippen LogP contribution in [-0.4, -0.2) is 30.1 Å². The summed E-state index contributed by atoms with van der Waals surface area (Å²) in [5, 5.41) is 1.20. The topological polar surface area (TPSA) is 32.8 Å². The minimum absolute atomic E-state index is 0.149. The molecule has 1 aliphatic heterocycles. The number of benzene rings is 2. The van der Waals surface area contributed by atoms with Gasteiger partial charge in [0.15, 0.2) is 5.11 Å². The summed E-state index contributed by atoms with van der Waals surface area (Å²) in [6, 6.07) is 12.4. The summed E-state index contributed by atoms with van der Waals surface area (Å²) in [5.41, 5.74) is 0.495. The lowest BCUT2D eigenvalue weighted by molar-refractivity contribution is -0.124. The lowest BCUT2D eigenvalue weighted by Crippen LogP contribution is -2.42. The highest BCUT2D eigenvalue weighted by molar-refractivity contribution is 7.80. The van der Waals surface area contributed by atoms with E-state index in [-0.39, 0.29) is 5.91 Å². The number of nitrogens with zero attached hydrogens (tertiary/aromatic N) is 2. The average molecular weight is 395 g/mol. The first-order chi connectivity index (χ1) is 11.8. The van der Waals surface area contributed by atoms with Crippen molar-refractivity contribution in [2.45, 2.75) is 12.5 Å². The van der Waals surface area contributed by atoms with Crippen LogP contribution in [0, 0.1) is 0 Å². The van der Waals surface area contributed by atoms with Crippen LogP contribution in [0.2, 0.25) is 10.0 Å². The quantitative estimate of drug-likeness (QED) is 0.718. The monoisotopic (exact) mass is 394 g/mol. The summed E-state index contributed by atoms with van der Waals surface area (Å²) in [6.45, 7) is 1.85. The van der Waals surface area contributed by atoms with Crippen LogP contribution < -0.4 is 9.64 Å². The lowest BCUT2D eigenvalue weighted by Gasteiger charge is -2.30. The van der Waals surface area contributed by atoms with Crippen molar-refractivity contribution in [3.63, 3.8) is 0 Å². The third-order valence-corrected chi connectivity index (χ3v) is 5.78. The van der Waals surface area contributed by atoms with Crippen molar-refractivity contribution in [3.8, 4) is 5.75 Å². The van der Waals surface area contributed by atoms with Crippen LogP contribution in [-0.2, 0) is 10.3 Å². The van der Waals surface area contributed by atoms with E-state index in [0.717, 1.165) is 11.3 Å². The van der Waals surface area contributed by atoms with Crippen molar-refractivity contribution in [1.82, 2.24) is 4.90 Å². The number of anilines is 1. The van der Waals surface area contributed by atoms with Crippen molar-refractivity contribution < 1.29 is 9.53 Å². The molecule has 25 heavy (non-hydrogen) atoms. The Kier molecular flexibility index (Phi) is 4.66. The Morgan fingerprint density at radius 3 is 2.28 bits per heavy atom. The standard InChI is InChI=1S/C18H16Cl2N2O2S/c1-18(11-4-7-13(24-3)8-5-11)16(23)22(17(25)21(18)2)12-6-9-14(19)15(20)10-12/h4-10H,1-3H3/t18-/m1/s1. The summed E-state index contributed by atoms with van der Waals surface area (Å²) in [6.07, 6.45) is 0. The maximum Gasteiger partial charge on any atom is 0.263 e. The highest BCUT2D eigenvalue weighted by Gasteiger charge is 2.52. The van der Waals surface area contributed by atoms with Gasteiger partial charge < -0.3 is 9.64 Å². The molecule has 0 N–H and O–H groups in total. The van der Waals surface area contributed by atoms with Crippen LogP contribution in [0.5, 0.6) is 5.75 Å². The Hall–Kier alpha value is -1.82. The summed E-state index contributed by atoms with van der Waals surface area (Å²) in [7, 11) is 3.41. The number of rotatable bonds is 3. The first-order valence-electron chi connectivity index (χ1n) is 7.52. The van der Waals surface area contributed by atoms with Gasteiger partial charge in [-0.1, -0.05) is 35.3 Å². The summed E-state index contributed by atoms with van der Waals surface area (Å²) in [4.78, 5) is 16.6. The first-order valence-corrected chi connectivity index (χ1v) is 8.69. The zero-order valence-electron chi connectivity index (χ0n) is 13.9. The van der Waals surface area contributed by atoms with Crippen LogP contribution in [0.4, 0.5) is 5.69 Å². The van der Waals surface area contributed by atoms with Crippen molar-refractivity contribution in [2.24, 2.45) is 0 Å². The summed E-state index contributed by atoms with van der Waals surface area (Å²) < 4.78 is 5.19. The fourth-order valence-electron chi connectivity index (χ4n) is 2.87. The molecule has 1 amide bonds. The van der Waals surface area contributed by atoms with Crippen molar-refractivity contribution in [2.75, 3.05) is 19.1 Å². The van der Waals surface area contributed by atoms with E-state index in [1.54, 1.807) is 30.2 Å². The second-order valence-corrected chi connectivity index (χ2v) is 7.06. The zero-order chi connectivity index (χ0) is 18.4. The molecule has 4 nitrogen and oxygen atoms in total. The number of amides is 1. The van der Waals surface area contributed by atoms with Gasteiger partial charge in [0.1, 0.15) is 11.3 Å².